The maximum absolute atomic E-state index is 12.2. The van der Waals surface area contributed by atoms with Gasteiger partial charge in [-0.25, -0.2) is 4.79 Å². The van der Waals surface area contributed by atoms with Gasteiger partial charge in [-0.2, -0.15) is 0 Å². The highest BCUT2D eigenvalue weighted by Gasteiger charge is 2.27. The van der Waals surface area contributed by atoms with Crippen molar-refractivity contribution in [3.63, 3.8) is 0 Å². The van der Waals surface area contributed by atoms with Gasteiger partial charge in [-0.15, -0.1) is 0 Å². The standard InChI is InChI=1S/C15H21N3O3/c1-21-15(20)17-13-6-7-18(10-13)14(19)8-11-2-4-12(9-16)5-3-11/h2-5,13H,6-10,16H2,1H3,(H,17,20). The summed E-state index contributed by atoms with van der Waals surface area (Å²) in [5.41, 5.74) is 7.57. The summed E-state index contributed by atoms with van der Waals surface area (Å²) in [4.78, 5) is 25.2. The van der Waals surface area contributed by atoms with Gasteiger partial charge in [0.2, 0.25) is 5.91 Å². The number of alkyl carbamates (subject to hydrolysis) is 1. The predicted octanol–water partition coefficient (Wildman–Crippen LogP) is 0.645. The Morgan fingerprint density at radius 3 is 2.62 bits per heavy atom. The number of ether oxygens (including phenoxy) is 1. The summed E-state index contributed by atoms with van der Waals surface area (Å²) in [6.45, 7) is 1.70. The minimum atomic E-state index is -0.452. The first-order valence-electron chi connectivity index (χ1n) is 7.02. The summed E-state index contributed by atoms with van der Waals surface area (Å²) >= 11 is 0. The first-order chi connectivity index (χ1) is 10.1. The quantitative estimate of drug-likeness (QED) is 0.853. The molecule has 1 unspecified atom stereocenters. The number of likely N-dealkylation sites (tertiary alicyclic amines) is 1. The molecule has 1 aromatic rings. The zero-order chi connectivity index (χ0) is 15.2. The Morgan fingerprint density at radius 2 is 2.00 bits per heavy atom. The predicted molar refractivity (Wildman–Crippen MR) is 78.6 cm³/mol. The van der Waals surface area contributed by atoms with Gasteiger partial charge < -0.3 is 20.7 Å². The highest BCUT2D eigenvalue weighted by Crippen LogP contribution is 2.12. The minimum absolute atomic E-state index is 0.0268. The van der Waals surface area contributed by atoms with E-state index in [0.29, 0.717) is 26.1 Å². The fraction of sp³-hybridized carbons (Fsp3) is 0.467. The van der Waals surface area contributed by atoms with E-state index in [-0.39, 0.29) is 11.9 Å². The van der Waals surface area contributed by atoms with Crippen molar-refractivity contribution in [2.45, 2.75) is 25.4 Å². The number of benzene rings is 1. The zero-order valence-electron chi connectivity index (χ0n) is 12.2. The maximum Gasteiger partial charge on any atom is 0.407 e. The van der Waals surface area contributed by atoms with Crippen molar-refractivity contribution in [1.29, 1.82) is 0 Å². The van der Waals surface area contributed by atoms with E-state index in [2.05, 4.69) is 10.1 Å². The number of hydrogen-bond donors (Lipinski definition) is 2. The second kappa shape index (κ2) is 7.08. The average molecular weight is 291 g/mol. The van der Waals surface area contributed by atoms with Crippen LogP contribution in [0.15, 0.2) is 24.3 Å². The molecule has 0 aromatic heterocycles. The normalized spacial score (nSPS) is 17.6. The van der Waals surface area contributed by atoms with E-state index in [0.717, 1.165) is 17.5 Å². The molecule has 6 heteroatoms. The van der Waals surface area contributed by atoms with E-state index < -0.39 is 6.09 Å². The lowest BCUT2D eigenvalue weighted by Gasteiger charge is -2.17. The van der Waals surface area contributed by atoms with Crippen LogP contribution in [0.4, 0.5) is 4.79 Å². The molecule has 1 aliphatic heterocycles. The average Bonchev–Trinajstić information content (AvgIpc) is 2.96. The second-order valence-corrected chi connectivity index (χ2v) is 5.16. The fourth-order valence-corrected chi connectivity index (χ4v) is 2.41. The number of carbonyl (C=O) groups is 2. The van der Waals surface area contributed by atoms with E-state index in [9.17, 15) is 9.59 Å². The molecule has 1 aromatic carbocycles. The molecule has 1 atom stereocenters. The van der Waals surface area contributed by atoms with Crippen LogP contribution in [0.3, 0.4) is 0 Å². The molecule has 6 nitrogen and oxygen atoms in total. The maximum atomic E-state index is 12.2. The molecule has 1 heterocycles. The van der Waals surface area contributed by atoms with Crippen LogP contribution < -0.4 is 11.1 Å². The van der Waals surface area contributed by atoms with Gasteiger partial charge in [0.15, 0.2) is 0 Å². The number of hydrogen-bond acceptors (Lipinski definition) is 4. The Morgan fingerprint density at radius 1 is 1.33 bits per heavy atom. The Bertz CT molecular complexity index is 501. The highest BCUT2D eigenvalue weighted by atomic mass is 16.5. The Balaban J connectivity index is 1.85. The number of amides is 2. The fourth-order valence-electron chi connectivity index (χ4n) is 2.41. The summed E-state index contributed by atoms with van der Waals surface area (Å²) in [5.74, 6) is 0.0738. The van der Waals surface area contributed by atoms with Gasteiger partial charge in [-0.05, 0) is 17.5 Å². The number of nitrogens with two attached hydrogens (primary N) is 1. The largest absolute Gasteiger partial charge is 0.453 e. The van der Waals surface area contributed by atoms with E-state index in [4.69, 9.17) is 5.73 Å². The van der Waals surface area contributed by atoms with E-state index in [1.807, 2.05) is 24.3 Å². The smallest absolute Gasteiger partial charge is 0.407 e. The molecule has 3 N–H and O–H groups in total. The van der Waals surface area contributed by atoms with E-state index in [1.54, 1.807) is 4.90 Å². The molecule has 1 fully saturated rings. The Kier molecular flexibility index (Phi) is 5.16. The molecular formula is C15H21N3O3. The van der Waals surface area contributed by atoms with Gasteiger partial charge in [0.25, 0.3) is 0 Å². The molecule has 114 valence electrons. The first kappa shape index (κ1) is 15.3. The third kappa shape index (κ3) is 4.19. The van der Waals surface area contributed by atoms with Crippen LogP contribution in [0.2, 0.25) is 0 Å². The van der Waals surface area contributed by atoms with Gasteiger partial charge in [0.05, 0.1) is 19.6 Å². The van der Waals surface area contributed by atoms with Crippen molar-refractivity contribution in [3.8, 4) is 0 Å². The number of nitrogens with one attached hydrogen (secondary N) is 1. The van der Waals surface area contributed by atoms with Crippen molar-refractivity contribution in [2.75, 3.05) is 20.2 Å². The summed E-state index contributed by atoms with van der Waals surface area (Å²) < 4.78 is 4.56. The monoisotopic (exact) mass is 291 g/mol. The SMILES string of the molecule is COC(=O)NC1CCN(C(=O)Cc2ccc(CN)cc2)C1. The van der Waals surface area contributed by atoms with Gasteiger partial charge in [0.1, 0.15) is 0 Å². The zero-order valence-corrected chi connectivity index (χ0v) is 12.2. The topological polar surface area (TPSA) is 84.7 Å². The van der Waals surface area contributed by atoms with Crippen molar-refractivity contribution < 1.29 is 14.3 Å². The van der Waals surface area contributed by atoms with E-state index >= 15 is 0 Å². The number of methoxy groups -OCH3 is 1. The van der Waals surface area contributed by atoms with Gasteiger partial charge in [-0.1, -0.05) is 24.3 Å². The summed E-state index contributed by atoms with van der Waals surface area (Å²) in [5, 5.41) is 2.72. The van der Waals surface area contributed by atoms with Gasteiger partial charge in [-0.3, -0.25) is 4.79 Å². The second-order valence-electron chi connectivity index (χ2n) is 5.16. The molecule has 2 rings (SSSR count). The van der Waals surface area contributed by atoms with Crippen LogP contribution >= 0.6 is 0 Å². The van der Waals surface area contributed by atoms with Crippen molar-refractivity contribution in [3.05, 3.63) is 35.4 Å². The molecule has 0 bridgehead atoms. The van der Waals surface area contributed by atoms with Gasteiger partial charge in [0, 0.05) is 19.6 Å². The van der Waals surface area contributed by atoms with Crippen molar-refractivity contribution >= 4 is 12.0 Å². The number of nitrogens with zero attached hydrogens (tertiary/aromatic N) is 1. The number of rotatable bonds is 4. The Hall–Kier alpha value is -2.08. The summed E-state index contributed by atoms with van der Waals surface area (Å²) in [6.07, 6.45) is 0.676. The molecule has 0 spiro atoms. The molecule has 21 heavy (non-hydrogen) atoms. The molecule has 0 saturated carbocycles. The Labute approximate surface area is 124 Å². The van der Waals surface area contributed by atoms with E-state index in [1.165, 1.54) is 7.11 Å². The lowest BCUT2D eigenvalue weighted by atomic mass is 10.1. The van der Waals surface area contributed by atoms with Crippen LogP contribution in [-0.2, 0) is 22.5 Å². The molecule has 0 radical (unpaired) electrons. The summed E-state index contributed by atoms with van der Waals surface area (Å²) in [7, 11) is 1.33. The highest BCUT2D eigenvalue weighted by molar-refractivity contribution is 5.79. The molecular weight excluding hydrogens is 270 g/mol. The third-order valence-electron chi connectivity index (χ3n) is 3.66. The molecule has 0 aliphatic carbocycles. The van der Waals surface area contributed by atoms with Crippen molar-refractivity contribution in [1.82, 2.24) is 10.2 Å². The van der Waals surface area contributed by atoms with Crippen LogP contribution in [-0.4, -0.2) is 43.1 Å². The lowest BCUT2D eigenvalue weighted by molar-refractivity contribution is -0.129. The van der Waals surface area contributed by atoms with Crippen LogP contribution in [0, 0.1) is 0 Å². The first-order valence-corrected chi connectivity index (χ1v) is 7.02. The minimum Gasteiger partial charge on any atom is -0.453 e. The third-order valence-corrected chi connectivity index (χ3v) is 3.66. The van der Waals surface area contributed by atoms with Crippen LogP contribution in [0.1, 0.15) is 17.5 Å². The van der Waals surface area contributed by atoms with Crippen LogP contribution in [0.5, 0.6) is 0 Å². The molecule has 1 aliphatic rings. The lowest BCUT2D eigenvalue weighted by Crippen LogP contribution is -2.38. The van der Waals surface area contributed by atoms with Crippen LogP contribution in [0.25, 0.3) is 0 Å². The number of carbonyl (C=O) groups excluding carboxylic acids is 2. The molecule has 2 amide bonds. The molecule has 1 saturated heterocycles. The summed E-state index contributed by atoms with van der Waals surface area (Å²) in [6, 6.07) is 7.71. The van der Waals surface area contributed by atoms with Gasteiger partial charge >= 0.3 is 6.09 Å². The van der Waals surface area contributed by atoms with Crippen molar-refractivity contribution in [2.24, 2.45) is 5.73 Å².